The Labute approximate surface area is 121 Å². The molecule has 2 rings (SSSR count). The molecule has 0 radical (unpaired) electrons. The zero-order valence-electron chi connectivity index (χ0n) is 10.9. The average molecular weight is 298 g/mol. The van der Waals surface area contributed by atoms with Crippen LogP contribution in [0.3, 0.4) is 0 Å². The number of ether oxygens (including phenoxy) is 1. The second-order valence-electron chi connectivity index (χ2n) is 4.18. The SMILES string of the molecule is CCOc1cc(F)ccc1NCc1ccc(Cl)c(F)c1. The van der Waals surface area contributed by atoms with E-state index in [0.29, 0.717) is 24.6 Å². The molecule has 0 aliphatic rings. The third kappa shape index (κ3) is 3.61. The highest BCUT2D eigenvalue weighted by Gasteiger charge is 2.06. The minimum Gasteiger partial charge on any atom is -0.492 e. The van der Waals surface area contributed by atoms with Crippen LogP contribution < -0.4 is 10.1 Å². The third-order valence-corrected chi connectivity index (χ3v) is 3.02. The van der Waals surface area contributed by atoms with Gasteiger partial charge in [0.1, 0.15) is 17.4 Å². The first-order valence-electron chi connectivity index (χ1n) is 6.20. The summed E-state index contributed by atoms with van der Waals surface area (Å²) in [7, 11) is 0. The summed E-state index contributed by atoms with van der Waals surface area (Å²) in [5, 5.41) is 3.18. The van der Waals surface area contributed by atoms with Crippen LogP contribution in [0.4, 0.5) is 14.5 Å². The number of halogens is 3. The van der Waals surface area contributed by atoms with E-state index in [2.05, 4.69) is 5.32 Å². The Morgan fingerprint density at radius 1 is 1.15 bits per heavy atom. The van der Waals surface area contributed by atoms with E-state index >= 15 is 0 Å². The topological polar surface area (TPSA) is 21.3 Å². The van der Waals surface area contributed by atoms with Gasteiger partial charge in [-0.2, -0.15) is 0 Å². The van der Waals surface area contributed by atoms with Gasteiger partial charge in [0.05, 0.1) is 17.3 Å². The van der Waals surface area contributed by atoms with Gasteiger partial charge < -0.3 is 10.1 Å². The molecule has 0 saturated carbocycles. The Morgan fingerprint density at radius 3 is 2.65 bits per heavy atom. The van der Waals surface area contributed by atoms with Gasteiger partial charge in [0.15, 0.2) is 0 Å². The lowest BCUT2D eigenvalue weighted by atomic mass is 10.2. The molecular formula is C15H14ClF2NO. The van der Waals surface area contributed by atoms with Crippen LogP contribution in [-0.2, 0) is 6.54 Å². The first kappa shape index (κ1) is 14.6. The maximum Gasteiger partial charge on any atom is 0.145 e. The van der Waals surface area contributed by atoms with Crippen LogP contribution in [0.1, 0.15) is 12.5 Å². The summed E-state index contributed by atoms with van der Waals surface area (Å²) < 4.78 is 31.8. The predicted octanol–water partition coefficient (Wildman–Crippen LogP) is 4.63. The second kappa shape index (κ2) is 6.57. The Kier molecular flexibility index (Phi) is 4.79. The third-order valence-electron chi connectivity index (χ3n) is 2.71. The largest absolute Gasteiger partial charge is 0.492 e. The molecule has 5 heteroatoms. The molecule has 0 unspecified atom stereocenters. The molecule has 2 aromatic carbocycles. The lowest BCUT2D eigenvalue weighted by Crippen LogP contribution is -2.03. The van der Waals surface area contributed by atoms with E-state index in [4.69, 9.17) is 16.3 Å². The van der Waals surface area contributed by atoms with Crippen molar-refractivity contribution in [2.75, 3.05) is 11.9 Å². The van der Waals surface area contributed by atoms with Crippen molar-refractivity contribution in [1.82, 2.24) is 0 Å². The van der Waals surface area contributed by atoms with E-state index in [1.807, 2.05) is 6.92 Å². The zero-order valence-corrected chi connectivity index (χ0v) is 11.7. The standard InChI is InChI=1S/C15H14ClF2NO/c1-2-20-15-8-11(17)4-6-14(15)19-9-10-3-5-12(16)13(18)7-10/h3-8,19H,2,9H2,1H3. The van der Waals surface area contributed by atoms with Crippen molar-refractivity contribution in [1.29, 1.82) is 0 Å². The van der Waals surface area contributed by atoms with E-state index in [0.717, 1.165) is 5.56 Å². The van der Waals surface area contributed by atoms with Crippen LogP contribution >= 0.6 is 11.6 Å². The highest BCUT2D eigenvalue weighted by molar-refractivity contribution is 6.30. The number of hydrogen-bond acceptors (Lipinski definition) is 2. The fraction of sp³-hybridized carbons (Fsp3) is 0.200. The summed E-state index contributed by atoms with van der Waals surface area (Å²) in [6.07, 6.45) is 0. The summed E-state index contributed by atoms with van der Waals surface area (Å²) in [6, 6.07) is 8.83. The Balaban J connectivity index is 2.11. The van der Waals surface area contributed by atoms with Crippen LogP contribution in [-0.4, -0.2) is 6.61 Å². The Bertz CT molecular complexity index is 604. The molecule has 0 heterocycles. The summed E-state index contributed by atoms with van der Waals surface area (Å²) in [5.74, 6) is -0.395. The van der Waals surface area contributed by atoms with Crippen molar-refractivity contribution in [3.05, 3.63) is 58.6 Å². The fourth-order valence-electron chi connectivity index (χ4n) is 1.76. The molecule has 0 amide bonds. The molecule has 0 aromatic heterocycles. The summed E-state index contributed by atoms with van der Waals surface area (Å²) in [4.78, 5) is 0. The van der Waals surface area contributed by atoms with Crippen LogP contribution in [0, 0.1) is 11.6 Å². The van der Waals surface area contributed by atoms with Gasteiger partial charge in [-0.05, 0) is 36.8 Å². The first-order valence-corrected chi connectivity index (χ1v) is 6.58. The molecule has 0 aliphatic carbocycles. The molecule has 0 saturated heterocycles. The quantitative estimate of drug-likeness (QED) is 0.869. The Hall–Kier alpha value is -1.81. The van der Waals surface area contributed by atoms with Crippen LogP contribution in [0.15, 0.2) is 36.4 Å². The van der Waals surface area contributed by atoms with E-state index in [1.54, 1.807) is 12.1 Å². The molecule has 2 nitrogen and oxygen atoms in total. The first-order chi connectivity index (χ1) is 9.60. The lowest BCUT2D eigenvalue weighted by Gasteiger charge is -2.12. The van der Waals surface area contributed by atoms with Crippen molar-refractivity contribution in [2.24, 2.45) is 0 Å². The van der Waals surface area contributed by atoms with E-state index in [-0.39, 0.29) is 10.8 Å². The summed E-state index contributed by atoms with van der Waals surface area (Å²) in [5.41, 5.74) is 1.39. The van der Waals surface area contributed by atoms with Gasteiger partial charge in [-0.3, -0.25) is 0 Å². The molecule has 1 N–H and O–H groups in total. The summed E-state index contributed by atoms with van der Waals surface area (Å²) >= 11 is 5.62. The van der Waals surface area contributed by atoms with Gasteiger partial charge in [-0.25, -0.2) is 8.78 Å². The maximum atomic E-state index is 13.3. The monoisotopic (exact) mass is 297 g/mol. The van der Waals surface area contributed by atoms with Crippen molar-refractivity contribution in [2.45, 2.75) is 13.5 Å². The van der Waals surface area contributed by atoms with Crippen molar-refractivity contribution >= 4 is 17.3 Å². The second-order valence-corrected chi connectivity index (χ2v) is 4.58. The maximum absolute atomic E-state index is 13.3. The fourth-order valence-corrected chi connectivity index (χ4v) is 1.88. The van der Waals surface area contributed by atoms with Gasteiger partial charge >= 0.3 is 0 Å². The molecule has 20 heavy (non-hydrogen) atoms. The smallest absolute Gasteiger partial charge is 0.145 e. The predicted molar refractivity (Wildman–Crippen MR) is 76.3 cm³/mol. The van der Waals surface area contributed by atoms with Crippen molar-refractivity contribution < 1.29 is 13.5 Å². The molecule has 0 aliphatic heterocycles. The van der Waals surface area contributed by atoms with Crippen LogP contribution in [0.2, 0.25) is 5.02 Å². The van der Waals surface area contributed by atoms with E-state index < -0.39 is 5.82 Å². The summed E-state index contributed by atoms with van der Waals surface area (Å²) in [6.45, 7) is 2.65. The van der Waals surface area contributed by atoms with Crippen molar-refractivity contribution in [3.8, 4) is 5.75 Å². The average Bonchev–Trinajstić information content (AvgIpc) is 2.42. The van der Waals surface area contributed by atoms with Gasteiger partial charge in [0.25, 0.3) is 0 Å². The minimum absolute atomic E-state index is 0.0885. The number of anilines is 1. The van der Waals surface area contributed by atoms with E-state index in [1.165, 1.54) is 24.3 Å². The van der Waals surface area contributed by atoms with Crippen LogP contribution in [0.25, 0.3) is 0 Å². The highest BCUT2D eigenvalue weighted by Crippen LogP contribution is 2.26. The van der Waals surface area contributed by atoms with E-state index in [9.17, 15) is 8.78 Å². The lowest BCUT2D eigenvalue weighted by molar-refractivity contribution is 0.340. The molecule has 0 fully saturated rings. The number of nitrogens with one attached hydrogen (secondary N) is 1. The molecule has 0 spiro atoms. The number of benzene rings is 2. The molecule has 106 valence electrons. The van der Waals surface area contributed by atoms with Gasteiger partial charge in [-0.15, -0.1) is 0 Å². The van der Waals surface area contributed by atoms with Crippen molar-refractivity contribution in [3.63, 3.8) is 0 Å². The Morgan fingerprint density at radius 2 is 1.95 bits per heavy atom. The molecular weight excluding hydrogens is 284 g/mol. The number of rotatable bonds is 5. The molecule has 2 aromatic rings. The molecule has 0 bridgehead atoms. The molecule has 0 atom stereocenters. The van der Waals surface area contributed by atoms with Gasteiger partial charge in [0, 0.05) is 12.6 Å². The number of hydrogen-bond donors (Lipinski definition) is 1. The normalized spacial score (nSPS) is 10.4. The highest BCUT2D eigenvalue weighted by atomic mass is 35.5. The minimum atomic E-state index is -0.463. The van der Waals surface area contributed by atoms with Gasteiger partial charge in [-0.1, -0.05) is 17.7 Å². The zero-order chi connectivity index (χ0) is 14.5. The van der Waals surface area contributed by atoms with Gasteiger partial charge in [0.2, 0.25) is 0 Å². The van der Waals surface area contributed by atoms with Crippen LogP contribution in [0.5, 0.6) is 5.75 Å².